The molecule has 9 nitrogen and oxygen atoms in total. The summed E-state index contributed by atoms with van der Waals surface area (Å²) < 4.78 is 1.36. The minimum absolute atomic E-state index is 0.0637. The first-order valence-corrected chi connectivity index (χ1v) is 7.10. The molecule has 1 saturated carbocycles. The summed E-state index contributed by atoms with van der Waals surface area (Å²) in [6.45, 7) is 5.01. The second-order valence-corrected chi connectivity index (χ2v) is 6.42. The second kappa shape index (κ2) is 4.72. The quantitative estimate of drug-likeness (QED) is 0.713. The fraction of sp³-hybridized carbons (Fsp3) is 0.500. The molecule has 0 unspecified atom stereocenters. The molecule has 1 amide bonds. The molecule has 0 aromatic carbocycles. The van der Waals surface area contributed by atoms with E-state index in [2.05, 4.69) is 20.4 Å². The van der Waals surface area contributed by atoms with Crippen molar-refractivity contribution in [2.24, 2.45) is 5.41 Å². The van der Waals surface area contributed by atoms with Crippen LogP contribution in [-0.4, -0.2) is 53.3 Å². The van der Waals surface area contributed by atoms with Crippen molar-refractivity contribution >= 4 is 17.7 Å². The SMILES string of the molecule is Cc1cnc2nc(C(=O)N[C@]3(C(=O)O)C[C@H](O)C3(C)C)nn2c1. The van der Waals surface area contributed by atoms with Crippen molar-refractivity contribution in [2.45, 2.75) is 38.8 Å². The van der Waals surface area contributed by atoms with Gasteiger partial charge in [0.1, 0.15) is 5.54 Å². The number of fused-ring (bicyclic) bond motifs is 1. The maximum Gasteiger partial charge on any atom is 0.330 e. The van der Waals surface area contributed by atoms with Gasteiger partial charge in [0, 0.05) is 24.2 Å². The van der Waals surface area contributed by atoms with E-state index >= 15 is 0 Å². The molecule has 0 bridgehead atoms. The summed E-state index contributed by atoms with van der Waals surface area (Å²) in [5.74, 6) is -1.83. The molecule has 0 saturated heterocycles. The Kier molecular flexibility index (Phi) is 3.15. The van der Waals surface area contributed by atoms with Gasteiger partial charge in [-0.2, -0.15) is 4.98 Å². The van der Waals surface area contributed by atoms with E-state index in [-0.39, 0.29) is 18.0 Å². The van der Waals surface area contributed by atoms with Gasteiger partial charge in [-0.25, -0.2) is 14.3 Å². The van der Waals surface area contributed by atoms with Crippen LogP contribution in [0.1, 0.15) is 36.5 Å². The highest BCUT2D eigenvalue weighted by Crippen LogP contribution is 2.49. The van der Waals surface area contributed by atoms with Crippen molar-refractivity contribution in [3.63, 3.8) is 0 Å². The Balaban J connectivity index is 1.92. The van der Waals surface area contributed by atoms with Gasteiger partial charge in [0.05, 0.1) is 6.10 Å². The Labute approximate surface area is 131 Å². The smallest absolute Gasteiger partial charge is 0.330 e. The lowest BCUT2D eigenvalue weighted by atomic mass is 9.54. The number of aliphatic carboxylic acids is 1. The predicted molar refractivity (Wildman–Crippen MR) is 77.8 cm³/mol. The summed E-state index contributed by atoms with van der Waals surface area (Å²) in [5.41, 5.74) is -1.70. The first kappa shape index (κ1) is 15.3. The lowest BCUT2D eigenvalue weighted by molar-refractivity contribution is -0.180. The normalized spacial score (nSPS) is 25.8. The predicted octanol–water partition coefficient (Wildman–Crippen LogP) is -0.223. The van der Waals surface area contributed by atoms with Crippen LogP contribution in [0.5, 0.6) is 0 Å². The summed E-state index contributed by atoms with van der Waals surface area (Å²) in [5, 5.41) is 25.8. The van der Waals surface area contributed by atoms with Crippen molar-refractivity contribution in [2.75, 3.05) is 0 Å². The number of aliphatic hydroxyl groups is 1. The lowest BCUT2D eigenvalue weighted by Crippen LogP contribution is -2.75. The van der Waals surface area contributed by atoms with Gasteiger partial charge in [-0.15, -0.1) is 5.10 Å². The third-order valence-corrected chi connectivity index (χ3v) is 4.65. The van der Waals surface area contributed by atoms with Crippen LogP contribution in [0.4, 0.5) is 0 Å². The van der Waals surface area contributed by atoms with Crippen molar-refractivity contribution in [3.05, 3.63) is 23.8 Å². The largest absolute Gasteiger partial charge is 0.479 e. The van der Waals surface area contributed by atoms with E-state index in [0.29, 0.717) is 0 Å². The monoisotopic (exact) mass is 319 g/mol. The number of carbonyl (C=O) groups excluding carboxylic acids is 1. The van der Waals surface area contributed by atoms with Crippen molar-refractivity contribution in [3.8, 4) is 0 Å². The Hall–Kier alpha value is -2.55. The Morgan fingerprint density at radius 2 is 2.13 bits per heavy atom. The highest BCUT2D eigenvalue weighted by Gasteiger charge is 2.65. The van der Waals surface area contributed by atoms with E-state index in [9.17, 15) is 19.8 Å². The lowest BCUT2D eigenvalue weighted by Gasteiger charge is -2.56. The number of rotatable bonds is 3. The number of amides is 1. The average Bonchev–Trinajstić information content (AvgIpc) is 2.89. The molecule has 2 aromatic rings. The zero-order chi connectivity index (χ0) is 17.0. The van der Waals surface area contributed by atoms with E-state index in [1.165, 1.54) is 4.52 Å². The minimum atomic E-state index is -1.55. The number of nitrogens with zero attached hydrogens (tertiary/aromatic N) is 4. The molecule has 23 heavy (non-hydrogen) atoms. The molecular weight excluding hydrogens is 302 g/mol. The zero-order valence-electron chi connectivity index (χ0n) is 12.9. The summed E-state index contributed by atoms with van der Waals surface area (Å²) in [4.78, 5) is 32.1. The number of aromatic nitrogens is 4. The summed E-state index contributed by atoms with van der Waals surface area (Å²) in [7, 11) is 0. The molecule has 2 heterocycles. The number of carboxylic acids is 1. The molecule has 2 aromatic heterocycles. The molecule has 3 N–H and O–H groups in total. The van der Waals surface area contributed by atoms with Crippen LogP contribution in [0, 0.1) is 12.3 Å². The van der Waals surface area contributed by atoms with Gasteiger partial charge in [-0.05, 0) is 12.5 Å². The second-order valence-electron chi connectivity index (χ2n) is 6.42. The third kappa shape index (κ3) is 2.07. The fourth-order valence-electron chi connectivity index (χ4n) is 2.81. The van der Waals surface area contributed by atoms with Crippen LogP contribution >= 0.6 is 0 Å². The maximum absolute atomic E-state index is 12.4. The van der Waals surface area contributed by atoms with E-state index in [4.69, 9.17) is 0 Å². The van der Waals surface area contributed by atoms with E-state index in [0.717, 1.165) is 5.56 Å². The first-order chi connectivity index (χ1) is 10.7. The Morgan fingerprint density at radius 3 is 2.70 bits per heavy atom. The zero-order valence-corrected chi connectivity index (χ0v) is 12.9. The van der Waals surface area contributed by atoms with Gasteiger partial charge in [0.15, 0.2) is 0 Å². The Morgan fingerprint density at radius 1 is 1.43 bits per heavy atom. The molecular formula is C14H17N5O4. The van der Waals surface area contributed by atoms with E-state index < -0.39 is 28.9 Å². The van der Waals surface area contributed by atoms with E-state index in [1.54, 1.807) is 26.2 Å². The summed E-state index contributed by atoms with van der Waals surface area (Å²) in [6.07, 6.45) is 2.38. The summed E-state index contributed by atoms with van der Waals surface area (Å²) >= 11 is 0. The van der Waals surface area contributed by atoms with Crippen LogP contribution in [0.3, 0.4) is 0 Å². The standard InChI is InChI=1S/C14H17N5O4/c1-7-5-15-12-16-9(18-19(12)6-7)10(21)17-14(11(22)23)4-8(20)13(14,2)3/h5-6,8,20H,4H2,1-3H3,(H,17,21)(H,22,23)/t8-,14-/m0/s1. The number of hydrogen-bond donors (Lipinski definition) is 3. The van der Waals surface area contributed by atoms with Gasteiger partial charge in [0.25, 0.3) is 11.7 Å². The molecule has 3 rings (SSSR count). The molecule has 1 aliphatic carbocycles. The third-order valence-electron chi connectivity index (χ3n) is 4.65. The number of carbonyl (C=O) groups is 2. The van der Waals surface area contributed by atoms with Crippen molar-refractivity contribution < 1.29 is 19.8 Å². The first-order valence-electron chi connectivity index (χ1n) is 7.10. The highest BCUT2D eigenvalue weighted by atomic mass is 16.4. The number of nitrogens with one attached hydrogen (secondary N) is 1. The van der Waals surface area contributed by atoms with Crippen molar-refractivity contribution in [1.82, 2.24) is 24.9 Å². The molecule has 0 aliphatic heterocycles. The van der Waals surface area contributed by atoms with E-state index in [1.807, 2.05) is 6.92 Å². The van der Waals surface area contributed by atoms with Gasteiger partial charge in [-0.3, -0.25) is 4.79 Å². The van der Waals surface area contributed by atoms with Gasteiger partial charge >= 0.3 is 5.97 Å². The fourth-order valence-corrected chi connectivity index (χ4v) is 2.81. The molecule has 0 spiro atoms. The average molecular weight is 319 g/mol. The topological polar surface area (TPSA) is 130 Å². The summed E-state index contributed by atoms with van der Waals surface area (Å²) in [6, 6.07) is 0. The van der Waals surface area contributed by atoms with Crippen LogP contribution in [0.25, 0.3) is 5.78 Å². The molecule has 9 heteroatoms. The maximum atomic E-state index is 12.4. The number of aliphatic hydroxyl groups excluding tert-OH is 1. The van der Waals surface area contributed by atoms with Crippen LogP contribution in [0.15, 0.2) is 12.4 Å². The highest BCUT2D eigenvalue weighted by molar-refractivity contribution is 5.96. The van der Waals surface area contributed by atoms with Crippen LogP contribution in [-0.2, 0) is 4.79 Å². The molecule has 0 radical (unpaired) electrons. The molecule has 2 atom stereocenters. The molecule has 122 valence electrons. The number of hydrogen-bond acceptors (Lipinski definition) is 6. The Bertz CT molecular complexity index is 815. The molecule has 1 fully saturated rings. The van der Waals surface area contributed by atoms with Gasteiger partial charge < -0.3 is 15.5 Å². The number of aryl methyl sites for hydroxylation is 1. The molecule has 1 aliphatic rings. The minimum Gasteiger partial charge on any atom is -0.479 e. The van der Waals surface area contributed by atoms with Gasteiger partial charge in [-0.1, -0.05) is 13.8 Å². The van der Waals surface area contributed by atoms with Crippen molar-refractivity contribution in [1.29, 1.82) is 0 Å². The van der Waals surface area contributed by atoms with Crippen LogP contribution in [0.2, 0.25) is 0 Å². The number of carboxylic acid groups (broad SMARTS) is 1. The van der Waals surface area contributed by atoms with Crippen LogP contribution < -0.4 is 5.32 Å². The van der Waals surface area contributed by atoms with Gasteiger partial charge in [0.2, 0.25) is 5.82 Å².